The van der Waals surface area contributed by atoms with Crippen LogP contribution < -0.4 is 10.6 Å². The van der Waals surface area contributed by atoms with Crippen LogP contribution in [0.4, 0.5) is 5.69 Å². The van der Waals surface area contributed by atoms with Crippen molar-refractivity contribution < 1.29 is 9.53 Å². The van der Waals surface area contributed by atoms with E-state index in [4.69, 9.17) is 10.5 Å². The molecule has 25 heavy (non-hydrogen) atoms. The van der Waals surface area contributed by atoms with Gasteiger partial charge >= 0.3 is 0 Å². The zero-order chi connectivity index (χ0) is 16.3. The molecule has 7 heteroatoms. The Balaban J connectivity index is 0.00000156. The van der Waals surface area contributed by atoms with Gasteiger partial charge in [-0.2, -0.15) is 0 Å². The maximum atomic E-state index is 12.9. The Kier molecular flexibility index (Phi) is 8.48. The summed E-state index contributed by atoms with van der Waals surface area (Å²) >= 11 is 0. The van der Waals surface area contributed by atoms with Crippen molar-refractivity contribution >= 4 is 36.4 Å². The van der Waals surface area contributed by atoms with Gasteiger partial charge < -0.3 is 20.3 Å². The van der Waals surface area contributed by atoms with Crippen molar-refractivity contribution in [3.8, 4) is 0 Å². The number of nitrogens with zero attached hydrogens (tertiary/aromatic N) is 2. The molecule has 2 heterocycles. The van der Waals surface area contributed by atoms with Crippen LogP contribution in [0.25, 0.3) is 0 Å². The number of carbonyl (C=O) groups excluding carboxylic acids is 1. The van der Waals surface area contributed by atoms with E-state index in [1.54, 1.807) is 0 Å². The number of likely N-dealkylation sites (N-methyl/N-ethyl adjacent to an activating group) is 1. The van der Waals surface area contributed by atoms with Crippen LogP contribution in [0.1, 0.15) is 25.7 Å². The smallest absolute Gasteiger partial charge is 0.242 e. The highest BCUT2D eigenvalue weighted by molar-refractivity contribution is 5.86. The molecular weight excluding hydrogens is 361 g/mol. The number of hydrogen-bond acceptors (Lipinski definition) is 4. The summed E-state index contributed by atoms with van der Waals surface area (Å²) in [5.41, 5.74) is 6.85. The summed E-state index contributed by atoms with van der Waals surface area (Å²) in [5.74, 6) is 0.0701. The molecule has 1 atom stereocenters. The molecule has 2 fully saturated rings. The minimum Gasteiger partial charge on any atom is -0.381 e. The maximum absolute atomic E-state index is 12.9. The Morgan fingerprint density at radius 3 is 2.52 bits per heavy atom. The highest BCUT2D eigenvalue weighted by Gasteiger charge is 2.40. The first kappa shape index (κ1) is 22.0. The number of nitrogens with two attached hydrogens (primary N) is 1. The fourth-order valence-electron chi connectivity index (χ4n) is 3.61. The van der Waals surface area contributed by atoms with Crippen molar-refractivity contribution in [3.63, 3.8) is 0 Å². The van der Waals surface area contributed by atoms with Crippen molar-refractivity contribution in [3.05, 3.63) is 30.3 Å². The van der Waals surface area contributed by atoms with E-state index < -0.39 is 5.54 Å². The molecule has 2 aliphatic rings. The predicted molar refractivity (Wildman–Crippen MR) is 106 cm³/mol. The summed E-state index contributed by atoms with van der Waals surface area (Å²) < 4.78 is 5.36. The molecule has 1 aromatic rings. The van der Waals surface area contributed by atoms with Gasteiger partial charge in [0.25, 0.3) is 0 Å². The van der Waals surface area contributed by atoms with Gasteiger partial charge in [-0.1, -0.05) is 18.2 Å². The van der Waals surface area contributed by atoms with Gasteiger partial charge in [-0.3, -0.25) is 4.79 Å². The summed E-state index contributed by atoms with van der Waals surface area (Å²) in [4.78, 5) is 17.1. The van der Waals surface area contributed by atoms with Gasteiger partial charge in [-0.15, -0.1) is 24.8 Å². The van der Waals surface area contributed by atoms with Crippen molar-refractivity contribution in [1.29, 1.82) is 0 Å². The van der Waals surface area contributed by atoms with Crippen molar-refractivity contribution in [1.82, 2.24) is 4.90 Å². The van der Waals surface area contributed by atoms with E-state index in [9.17, 15) is 4.79 Å². The standard InChI is InChI=1S/C18H27N3O2.2ClH/c1-20(17(22)18(19)9-12-23-13-10-18)16-8-5-11-21(14-16)15-6-3-2-4-7-15;;/h2-4,6-7,16H,5,8-14,19H2,1H3;2*1H. The summed E-state index contributed by atoms with van der Waals surface area (Å²) in [6.07, 6.45) is 3.37. The van der Waals surface area contributed by atoms with Crippen LogP contribution in [0.2, 0.25) is 0 Å². The average molecular weight is 390 g/mol. The second-order valence-electron chi connectivity index (χ2n) is 6.76. The summed E-state index contributed by atoms with van der Waals surface area (Å²) in [7, 11) is 1.91. The lowest BCUT2D eigenvalue weighted by molar-refractivity contribution is -0.141. The van der Waals surface area contributed by atoms with Crippen LogP contribution >= 0.6 is 24.8 Å². The number of para-hydroxylation sites is 1. The van der Waals surface area contributed by atoms with E-state index in [1.807, 2.05) is 18.0 Å². The molecule has 2 saturated heterocycles. The molecule has 0 saturated carbocycles. The second-order valence-corrected chi connectivity index (χ2v) is 6.76. The molecule has 1 aromatic carbocycles. The average Bonchev–Trinajstić information content (AvgIpc) is 2.62. The molecule has 1 amide bonds. The lowest BCUT2D eigenvalue weighted by Gasteiger charge is -2.42. The highest BCUT2D eigenvalue weighted by Crippen LogP contribution is 2.25. The first-order chi connectivity index (χ1) is 11.1. The third kappa shape index (κ3) is 5.00. The molecule has 3 rings (SSSR count). The van der Waals surface area contributed by atoms with Gasteiger partial charge in [0.2, 0.25) is 5.91 Å². The minimum absolute atomic E-state index is 0. The van der Waals surface area contributed by atoms with Gasteiger partial charge in [-0.05, 0) is 37.8 Å². The molecular formula is C18H29Cl2N3O2. The van der Waals surface area contributed by atoms with E-state index >= 15 is 0 Å². The summed E-state index contributed by atoms with van der Waals surface area (Å²) in [6, 6.07) is 10.6. The van der Waals surface area contributed by atoms with E-state index in [0.717, 1.165) is 25.9 Å². The van der Waals surface area contributed by atoms with Crippen LogP contribution in [-0.4, -0.2) is 55.7 Å². The fraction of sp³-hybridized carbons (Fsp3) is 0.611. The lowest BCUT2D eigenvalue weighted by Crippen LogP contribution is -2.61. The first-order valence-corrected chi connectivity index (χ1v) is 8.54. The number of rotatable bonds is 3. The highest BCUT2D eigenvalue weighted by atomic mass is 35.5. The molecule has 0 radical (unpaired) electrons. The van der Waals surface area contributed by atoms with Gasteiger partial charge in [0.15, 0.2) is 0 Å². The lowest BCUT2D eigenvalue weighted by atomic mass is 9.88. The van der Waals surface area contributed by atoms with Crippen molar-refractivity contribution in [2.24, 2.45) is 5.73 Å². The Labute approximate surface area is 162 Å². The van der Waals surface area contributed by atoms with E-state index in [1.165, 1.54) is 5.69 Å². The van der Waals surface area contributed by atoms with Crippen molar-refractivity contribution in [2.75, 3.05) is 38.3 Å². The number of piperidine rings is 1. The SMILES string of the molecule is CN(C(=O)C1(N)CCOCC1)C1CCCN(c2ccccc2)C1.Cl.Cl. The maximum Gasteiger partial charge on any atom is 0.242 e. The zero-order valence-electron chi connectivity index (χ0n) is 14.7. The van der Waals surface area contributed by atoms with Gasteiger partial charge in [-0.25, -0.2) is 0 Å². The largest absolute Gasteiger partial charge is 0.381 e. The molecule has 0 aliphatic carbocycles. The Hall–Kier alpha value is -1.01. The number of ether oxygens (including phenoxy) is 1. The van der Waals surface area contributed by atoms with Crippen LogP contribution in [0.15, 0.2) is 30.3 Å². The number of halogens is 2. The molecule has 1 unspecified atom stereocenters. The Morgan fingerprint density at radius 1 is 1.24 bits per heavy atom. The van der Waals surface area contributed by atoms with Gasteiger partial charge in [0.1, 0.15) is 0 Å². The van der Waals surface area contributed by atoms with Gasteiger partial charge in [0, 0.05) is 45.1 Å². The number of hydrogen-bond donors (Lipinski definition) is 1. The van der Waals surface area contributed by atoms with Gasteiger partial charge in [0.05, 0.1) is 5.54 Å². The number of benzene rings is 1. The van der Waals surface area contributed by atoms with Crippen molar-refractivity contribution in [2.45, 2.75) is 37.3 Å². The number of amides is 1. The molecule has 0 bridgehead atoms. The quantitative estimate of drug-likeness (QED) is 0.862. The third-order valence-electron chi connectivity index (χ3n) is 5.20. The predicted octanol–water partition coefficient (Wildman–Crippen LogP) is 2.47. The summed E-state index contributed by atoms with van der Waals surface area (Å²) in [6.45, 7) is 3.08. The van der Waals surface area contributed by atoms with E-state index in [0.29, 0.717) is 26.1 Å². The topological polar surface area (TPSA) is 58.8 Å². The van der Waals surface area contributed by atoms with E-state index in [2.05, 4.69) is 29.2 Å². The van der Waals surface area contributed by atoms with Crippen LogP contribution in [0.5, 0.6) is 0 Å². The summed E-state index contributed by atoms with van der Waals surface area (Å²) in [5, 5.41) is 0. The number of anilines is 1. The Bertz CT molecular complexity index is 538. The fourth-order valence-corrected chi connectivity index (χ4v) is 3.61. The normalized spacial score (nSPS) is 22.3. The van der Waals surface area contributed by atoms with Crippen LogP contribution in [0, 0.1) is 0 Å². The van der Waals surface area contributed by atoms with Crippen LogP contribution in [0.3, 0.4) is 0 Å². The zero-order valence-corrected chi connectivity index (χ0v) is 16.4. The molecule has 5 nitrogen and oxygen atoms in total. The first-order valence-electron chi connectivity index (χ1n) is 8.54. The monoisotopic (exact) mass is 389 g/mol. The molecule has 0 spiro atoms. The second kappa shape index (κ2) is 9.62. The molecule has 0 aromatic heterocycles. The third-order valence-corrected chi connectivity index (χ3v) is 5.20. The molecule has 2 N–H and O–H groups in total. The molecule has 142 valence electrons. The van der Waals surface area contributed by atoms with Crippen LogP contribution in [-0.2, 0) is 9.53 Å². The van der Waals surface area contributed by atoms with E-state index in [-0.39, 0.29) is 36.8 Å². The minimum atomic E-state index is -0.748. The Morgan fingerprint density at radius 2 is 1.88 bits per heavy atom. The number of carbonyl (C=O) groups is 1. The molecule has 2 aliphatic heterocycles.